The zero-order valence-corrected chi connectivity index (χ0v) is 17.9. The van der Waals surface area contributed by atoms with E-state index in [1.165, 1.54) is 31.0 Å². The Morgan fingerprint density at radius 3 is 2.62 bits per heavy atom. The fourth-order valence-electron chi connectivity index (χ4n) is 4.01. The van der Waals surface area contributed by atoms with Gasteiger partial charge in [-0.25, -0.2) is 0 Å². The van der Waals surface area contributed by atoms with E-state index >= 15 is 0 Å². The molecule has 1 aromatic carbocycles. The van der Waals surface area contributed by atoms with Crippen molar-refractivity contribution in [3.8, 4) is 0 Å². The molecule has 2 aliphatic rings. The molecule has 0 bridgehead atoms. The van der Waals surface area contributed by atoms with E-state index in [-0.39, 0.29) is 17.7 Å². The molecule has 3 rings (SSSR count). The Hall–Kier alpha value is -2.02. The number of benzene rings is 1. The maximum Gasteiger partial charge on any atom is 0.253 e. The normalized spacial score (nSPS) is 20.4. The van der Waals surface area contributed by atoms with Crippen LogP contribution in [-0.4, -0.2) is 54.1 Å². The highest BCUT2D eigenvalue weighted by Crippen LogP contribution is 2.26. The first-order chi connectivity index (χ1) is 14.1. The third-order valence-electron chi connectivity index (χ3n) is 5.84. The second kappa shape index (κ2) is 10.7. The largest absolute Gasteiger partial charge is 0.354 e. The number of nitrogens with one attached hydrogen (secondary N) is 2. The molecule has 1 aliphatic carbocycles. The molecule has 1 atom stereocenters. The van der Waals surface area contributed by atoms with Gasteiger partial charge in [0.2, 0.25) is 11.8 Å². The minimum Gasteiger partial charge on any atom is -0.354 e. The van der Waals surface area contributed by atoms with Crippen molar-refractivity contribution in [2.75, 3.05) is 19.3 Å². The van der Waals surface area contributed by atoms with Gasteiger partial charge in [0.15, 0.2) is 0 Å². The Balaban J connectivity index is 1.60. The first-order valence-corrected chi connectivity index (χ1v) is 11.6. The van der Waals surface area contributed by atoms with E-state index in [1.54, 1.807) is 6.07 Å². The molecular weight excluding hydrogens is 386 g/mol. The van der Waals surface area contributed by atoms with Gasteiger partial charge < -0.3 is 15.5 Å². The highest BCUT2D eigenvalue weighted by molar-refractivity contribution is 8.00. The van der Waals surface area contributed by atoms with Gasteiger partial charge in [0.1, 0.15) is 6.04 Å². The van der Waals surface area contributed by atoms with Gasteiger partial charge >= 0.3 is 0 Å². The molecular formula is C22H31N3O3S. The van der Waals surface area contributed by atoms with Crippen LogP contribution in [0.1, 0.15) is 61.7 Å². The van der Waals surface area contributed by atoms with Crippen molar-refractivity contribution in [3.05, 3.63) is 29.8 Å². The van der Waals surface area contributed by atoms with Gasteiger partial charge in [0, 0.05) is 24.5 Å². The highest BCUT2D eigenvalue weighted by Gasteiger charge is 2.25. The third kappa shape index (κ3) is 5.98. The Labute approximate surface area is 177 Å². The minimum atomic E-state index is -0.498. The van der Waals surface area contributed by atoms with Gasteiger partial charge in [-0.3, -0.25) is 14.4 Å². The van der Waals surface area contributed by atoms with Crippen LogP contribution in [0.5, 0.6) is 0 Å². The van der Waals surface area contributed by atoms with Crippen molar-refractivity contribution in [2.24, 2.45) is 0 Å². The van der Waals surface area contributed by atoms with Crippen LogP contribution in [0.15, 0.2) is 29.2 Å². The quantitative estimate of drug-likeness (QED) is 0.698. The van der Waals surface area contributed by atoms with E-state index in [0.717, 1.165) is 30.6 Å². The molecule has 0 spiro atoms. The maximum atomic E-state index is 12.8. The van der Waals surface area contributed by atoms with E-state index in [0.29, 0.717) is 30.3 Å². The Bertz CT molecular complexity index is 734. The topological polar surface area (TPSA) is 78.5 Å². The first-order valence-electron chi connectivity index (χ1n) is 10.6. The van der Waals surface area contributed by atoms with Crippen LogP contribution >= 0.6 is 11.8 Å². The number of hydrogen-bond acceptors (Lipinski definition) is 4. The van der Waals surface area contributed by atoms with Crippen molar-refractivity contribution < 1.29 is 14.4 Å². The molecule has 2 fully saturated rings. The Morgan fingerprint density at radius 2 is 1.83 bits per heavy atom. The summed E-state index contributed by atoms with van der Waals surface area (Å²) in [5.74, 6) is 0.0232. The molecule has 1 unspecified atom stereocenters. The first kappa shape index (κ1) is 21.7. The summed E-state index contributed by atoms with van der Waals surface area (Å²) in [7, 11) is 1.89. The summed E-state index contributed by atoms with van der Waals surface area (Å²) in [4.78, 5) is 40.2. The third-order valence-corrected chi connectivity index (χ3v) is 6.90. The van der Waals surface area contributed by atoms with Crippen LogP contribution in [0, 0.1) is 0 Å². The van der Waals surface area contributed by atoms with Crippen molar-refractivity contribution in [3.63, 3.8) is 0 Å². The van der Waals surface area contributed by atoms with E-state index in [1.807, 2.05) is 30.1 Å². The summed E-state index contributed by atoms with van der Waals surface area (Å²) >= 11 is 1.39. The molecule has 2 N–H and O–H groups in total. The molecule has 6 nitrogen and oxygen atoms in total. The standard InChI is InChI=1S/C22H31N3O3S/c1-25(16-9-3-2-4-10-16)20(26)15-29-19-13-6-5-11-17(19)21(27)24-18-12-7-8-14-23-22(18)28/h5-6,11,13,16,18H,2-4,7-10,12,14-15H2,1H3,(H,23,28)(H,24,27). The van der Waals surface area contributed by atoms with E-state index < -0.39 is 6.04 Å². The van der Waals surface area contributed by atoms with Crippen LogP contribution in [0.25, 0.3) is 0 Å². The van der Waals surface area contributed by atoms with Crippen molar-refractivity contribution >= 4 is 29.5 Å². The lowest BCUT2D eigenvalue weighted by atomic mass is 9.94. The minimum absolute atomic E-state index is 0.0975. The summed E-state index contributed by atoms with van der Waals surface area (Å²) in [6.45, 7) is 0.661. The molecule has 1 saturated carbocycles. The number of hydrogen-bond donors (Lipinski definition) is 2. The van der Waals surface area contributed by atoms with Gasteiger partial charge in [0.05, 0.1) is 11.3 Å². The van der Waals surface area contributed by atoms with Crippen molar-refractivity contribution in [2.45, 2.75) is 68.3 Å². The fourth-order valence-corrected chi connectivity index (χ4v) is 4.98. The number of nitrogens with zero attached hydrogens (tertiary/aromatic N) is 1. The summed E-state index contributed by atoms with van der Waals surface area (Å²) in [6.07, 6.45) is 8.28. The Morgan fingerprint density at radius 1 is 1.10 bits per heavy atom. The fraction of sp³-hybridized carbons (Fsp3) is 0.591. The van der Waals surface area contributed by atoms with Gasteiger partial charge in [-0.15, -0.1) is 11.8 Å². The molecule has 29 heavy (non-hydrogen) atoms. The van der Waals surface area contributed by atoms with Crippen molar-refractivity contribution in [1.82, 2.24) is 15.5 Å². The molecule has 1 saturated heterocycles. The van der Waals surface area contributed by atoms with Crippen LogP contribution in [-0.2, 0) is 9.59 Å². The zero-order chi connectivity index (χ0) is 20.6. The molecule has 0 radical (unpaired) electrons. The number of rotatable bonds is 6. The van der Waals surface area contributed by atoms with Crippen LogP contribution in [0.3, 0.4) is 0 Å². The Kier molecular flexibility index (Phi) is 7.98. The van der Waals surface area contributed by atoms with Crippen LogP contribution in [0.2, 0.25) is 0 Å². The lowest BCUT2D eigenvalue weighted by Gasteiger charge is -2.31. The molecule has 7 heteroatoms. The average molecular weight is 418 g/mol. The predicted octanol–water partition coefficient (Wildman–Crippen LogP) is 2.97. The number of amides is 3. The SMILES string of the molecule is CN(C(=O)CSc1ccccc1C(=O)NC1CCCCNC1=O)C1CCCCC1. The van der Waals surface area contributed by atoms with Crippen molar-refractivity contribution in [1.29, 1.82) is 0 Å². The average Bonchev–Trinajstić information content (AvgIpc) is 2.96. The summed E-state index contributed by atoms with van der Waals surface area (Å²) in [5, 5.41) is 5.71. The van der Waals surface area contributed by atoms with E-state index in [4.69, 9.17) is 0 Å². The van der Waals surface area contributed by atoms with Crippen LogP contribution in [0.4, 0.5) is 0 Å². The molecule has 1 aromatic rings. The molecule has 158 valence electrons. The zero-order valence-electron chi connectivity index (χ0n) is 17.1. The maximum absolute atomic E-state index is 12.8. The second-order valence-corrected chi connectivity index (χ2v) is 8.91. The van der Waals surface area contributed by atoms with Crippen LogP contribution < -0.4 is 10.6 Å². The van der Waals surface area contributed by atoms with Gasteiger partial charge in [-0.2, -0.15) is 0 Å². The summed E-state index contributed by atoms with van der Waals surface area (Å²) < 4.78 is 0. The molecule has 1 aliphatic heterocycles. The van der Waals surface area contributed by atoms with Gasteiger partial charge in [0.25, 0.3) is 5.91 Å². The monoisotopic (exact) mass is 417 g/mol. The van der Waals surface area contributed by atoms with E-state index in [9.17, 15) is 14.4 Å². The summed E-state index contributed by atoms with van der Waals surface area (Å²) in [5.41, 5.74) is 0.516. The smallest absolute Gasteiger partial charge is 0.253 e. The molecule has 3 amide bonds. The second-order valence-electron chi connectivity index (χ2n) is 7.89. The number of carbonyl (C=O) groups excluding carboxylic acids is 3. The highest BCUT2D eigenvalue weighted by atomic mass is 32.2. The number of carbonyl (C=O) groups is 3. The van der Waals surface area contributed by atoms with Gasteiger partial charge in [-0.05, 0) is 44.2 Å². The van der Waals surface area contributed by atoms with Gasteiger partial charge in [-0.1, -0.05) is 31.4 Å². The molecule has 1 heterocycles. The predicted molar refractivity (Wildman–Crippen MR) is 115 cm³/mol. The van der Waals surface area contributed by atoms with E-state index in [2.05, 4.69) is 10.6 Å². The number of thioether (sulfide) groups is 1. The lowest BCUT2D eigenvalue weighted by molar-refractivity contribution is -0.129. The summed E-state index contributed by atoms with van der Waals surface area (Å²) in [6, 6.07) is 7.13. The molecule has 0 aromatic heterocycles. The lowest BCUT2D eigenvalue weighted by Crippen LogP contribution is -2.45.